The highest BCUT2D eigenvalue weighted by Crippen LogP contribution is 2.37. The van der Waals surface area contributed by atoms with Gasteiger partial charge in [0.05, 0.1) is 18.6 Å². The lowest BCUT2D eigenvalue weighted by atomic mass is 9.88. The second-order valence-electron chi connectivity index (χ2n) is 10.3. The van der Waals surface area contributed by atoms with Crippen LogP contribution in [0.4, 0.5) is 0 Å². The standard InChI is InChI=1S/C29H36O5/c1-18-13-19(2)25(20(3)14-18)26-24(34-28(31)29(5,6)7)15-23(33-27(26)30)21(4)16-32-17-22-11-9-8-10-12-22/h8-14,21,23H,15-17H2,1-7H3. The number of cyclic esters (lactones) is 1. The first kappa shape index (κ1) is 25.7. The Labute approximate surface area is 203 Å². The number of ether oxygens (including phenoxy) is 3. The number of benzene rings is 2. The highest BCUT2D eigenvalue weighted by Gasteiger charge is 2.37. The lowest BCUT2D eigenvalue weighted by Crippen LogP contribution is -2.35. The van der Waals surface area contributed by atoms with E-state index in [0.717, 1.165) is 27.8 Å². The Bertz CT molecular complexity index is 1050. The summed E-state index contributed by atoms with van der Waals surface area (Å²) in [6.07, 6.45) is -0.119. The van der Waals surface area contributed by atoms with Crippen molar-refractivity contribution in [2.24, 2.45) is 11.3 Å². The summed E-state index contributed by atoms with van der Waals surface area (Å²) in [5.41, 5.74) is 4.52. The van der Waals surface area contributed by atoms with Gasteiger partial charge in [-0.05, 0) is 63.8 Å². The predicted molar refractivity (Wildman–Crippen MR) is 133 cm³/mol. The van der Waals surface area contributed by atoms with Crippen LogP contribution in [0.3, 0.4) is 0 Å². The quantitative estimate of drug-likeness (QED) is 0.465. The minimum Gasteiger partial charge on any atom is -0.458 e. The summed E-state index contributed by atoms with van der Waals surface area (Å²) in [6, 6.07) is 14.0. The van der Waals surface area contributed by atoms with Crippen molar-refractivity contribution >= 4 is 17.5 Å². The second kappa shape index (κ2) is 10.6. The number of rotatable bonds is 7. The van der Waals surface area contributed by atoms with E-state index in [-0.39, 0.29) is 11.9 Å². The van der Waals surface area contributed by atoms with Crippen LogP contribution < -0.4 is 0 Å². The summed E-state index contributed by atoms with van der Waals surface area (Å²) >= 11 is 0. The van der Waals surface area contributed by atoms with Crippen molar-refractivity contribution in [3.05, 3.63) is 76.0 Å². The van der Waals surface area contributed by atoms with E-state index in [1.54, 1.807) is 20.8 Å². The normalized spacial score (nSPS) is 17.4. The second-order valence-corrected chi connectivity index (χ2v) is 10.3. The van der Waals surface area contributed by atoms with Gasteiger partial charge in [0.15, 0.2) is 0 Å². The van der Waals surface area contributed by atoms with Gasteiger partial charge in [0, 0.05) is 12.3 Å². The first-order chi connectivity index (χ1) is 16.0. The van der Waals surface area contributed by atoms with E-state index in [4.69, 9.17) is 14.2 Å². The summed E-state index contributed by atoms with van der Waals surface area (Å²) in [4.78, 5) is 26.1. The third-order valence-electron chi connectivity index (χ3n) is 6.01. The van der Waals surface area contributed by atoms with Gasteiger partial charge in [-0.2, -0.15) is 0 Å². The van der Waals surface area contributed by atoms with Gasteiger partial charge in [-0.25, -0.2) is 4.79 Å². The van der Waals surface area contributed by atoms with Gasteiger partial charge in [-0.3, -0.25) is 4.79 Å². The fourth-order valence-corrected chi connectivity index (χ4v) is 4.17. The molecular formula is C29H36O5. The van der Waals surface area contributed by atoms with Gasteiger partial charge < -0.3 is 14.2 Å². The van der Waals surface area contributed by atoms with Crippen LogP contribution >= 0.6 is 0 Å². The maximum atomic E-state index is 13.3. The number of hydrogen-bond acceptors (Lipinski definition) is 5. The zero-order valence-corrected chi connectivity index (χ0v) is 21.4. The highest BCUT2D eigenvalue weighted by molar-refractivity contribution is 6.19. The maximum absolute atomic E-state index is 13.3. The molecule has 0 amide bonds. The lowest BCUT2D eigenvalue weighted by molar-refractivity contribution is -0.153. The van der Waals surface area contributed by atoms with Crippen molar-refractivity contribution in [3.63, 3.8) is 0 Å². The van der Waals surface area contributed by atoms with Gasteiger partial charge in [0.25, 0.3) is 0 Å². The minimum atomic E-state index is -0.698. The number of hydrogen-bond donors (Lipinski definition) is 0. The highest BCUT2D eigenvalue weighted by atomic mass is 16.6. The Morgan fingerprint density at radius 1 is 1.09 bits per heavy atom. The van der Waals surface area contributed by atoms with E-state index in [1.807, 2.05) is 70.2 Å². The Morgan fingerprint density at radius 3 is 2.29 bits per heavy atom. The van der Waals surface area contributed by atoms with Gasteiger partial charge in [0.1, 0.15) is 17.4 Å². The average Bonchev–Trinajstić information content (AvgIpc) is 2.74. The molecule has 5 heteroatoms. The zero-order valence-electron chi connectivity index (χ0n) is 21.4. The van der Waals surface area contributed by atoms with Crippen LogP contribution in [0.15, 0.2) is 48.2 Å². The molecule has 0 aromatic heterocycles. The molecule has 2 unspecified atom stereocenters. The lowest BCUT2D eigenvalue weighted by Gasteiger charge is -2.32. The number of carbonyl (C=O) groups is 2. The van der Waals surface area contributed by atoms with Crippen molar-refractivity contribution in [2.45, 2.75) is 67.6 Å². The van der Waals surface area contributed by atoms with Crippen molar-refractivity contribution < 1.29 is 23.8 Å². The molecule has 1 heterocycles. The monoisotopic (exact) mass is 464 g/mol. The molecular weight excluding hydrogens is 428 g/mol. The van der Waals surface area contributed by atoms with Gasteiger partial charge in [-0.15, -0.1) is 0 Å². The minimum absolute atomic E-state index is 0.0715. The van der Waals surface area contributed by atoms with E-state index in [0.29, 0.717) is 31.0 Å². The van der Waals surface area contributed by atoms with E-state index in [2.05, 4.69) is 0 Å². The first-order valence-electron chi connectivity index (χ1n) is 11.8. The molecule has 1 aliphatic heterocycles. The molecule has 5 nitrogen and oxygen atoms in total. The fourth-order valence-electron chi connectivity index (χ4n) is 4.17. The molecule has 0 aliphatic carbocycles. The SMILES string of the molecule is Cc1cc(C)c(C2=C(OC(=O)C(C)(C)C)CC(C(C)COCc3ccccc3)OC2=O)c(C)c1. The van der Waals surface area contributed by atoms with Gasteiger partial charge in [0.2, 0.25) is 0 Å². The van der Waals surface area contributed by atoms with Crippen LogP contribution in [0.2, 0.25) is 0 Å². The Hall–Kier alpha value is -2.92. The van der Waals surface area contributed by atoms with Crippen LogP contribution in [-0.2, 0) is 30.4 Å². The zero-order chi connectivity index (χ0) is 25.0. The van der Waals surface area contributed by atoms with E-state index in [9.17, 15) is 9.59 Å². The summed E-state index contributed by atoms with van der Waals surface area (Å²) in [5.74, 6) is -0.523. The predicted octanol–water partition coefficient (Wildman–Crippen LogP) is 6.08. The molecule has 0 radical (unpaired) electrons. The van der Waals surface area contributed by atoms with Crippen molar-refractivity contribution in [1.29, 1.82) is 0 Å². The van der Waals surface area contributed by atoms with E-state index < -0.39 is 17.5 Å². The van der Waals surface area contributed by atoms with Crippen LogP contribution in [-0.4, -0.2) is 24.6 Å². The molecule has 0 saturated heterocycles. The molecule has 3 rings (SSSR count). The van der Waals surface area contributed by atoms with Crippen LogP contribution in [0, 0.1) is 32.1 Å². The molecule has 1 aliphatic rings. The van der Waals surface area contributed by atoms with Crippen molar-refractivity contribution in [1.82, 2.24) is 0 Å². The number of aryl methyl sites for hydroxylation is 3. The molecule has 2 aromatic rings. The van der Waals surface area contributed by atoms with Gasteiger partial charge in [-0.1, -0.05) is 55.0 Å². The molecule has 0 spiro atoms. The first-order valence-corrected chi connectivity index (χ1v) is 11.8. The molecule has 0 N–H and O–H groups in total. The molecule has 0 fully saturated rings. The van der Waals surface area contributed by atoms with E-state index >= 15 is 0 Å². The molecule has 2 atom stereocenters. The summed E-state index contributed by atoms with van der Waals surface area (Å²) < 4.78 is 17.7. The maximum Gasteiger partial charge on any atom is 0.342 e. The smallest absolute Gasteiger partial charge is 0.342 e. The largest absolute Gasteiger partial charge is 0.458 e. The Balaban J connectivity index is 1.87. The molecule has 0 bridgehead atoms. The number of carbonyl (C=O) groups excluding carboxylic acids is 2. The Kier molecular flexibility index (Phi) is 7.98. The summed E-state index contributed by atoms with van der Waals surface area (Å²) in [5, 5.41) is 0. The summed E-state index contributed by atoms with van der Waals surface area (Å²) in [7, 11) is 0. The van der Waals surface area contributed by atoms with Crippen LogP contribution in [0.25, 0.3) is 5.57 Å². The third-order valence-corrected chi connectivity index (χ3v) is 6.01. The van der Waals surface area contributed by atoms with Gasteiger partial charge >= 0.3 is 11.9 Å². The third kappa shape index (κ3) is 6.15. The number of esters is 2. The summed E-state index contributed by atoms with van der Waals surface area (Å²) in [6.45, 7) is 14.2. The van der Waals surface area contributed by atoms with Crippen molar-refractivity contribution in [2.75, 3.05) is 6.61 Å². The van der Waals surface area contributed by atoms with Crippen LogP contribution in [0.1, 0.15) is 61.9 Å². The molecule has 2 aromatic carbocycles. The van der Waals surface area contributed by atoms with E-state index in [1.165, 1.54) is 0 Å². The average molecular weight is 465 g/mol. The van der Waals surface area contributed by atoms with Crippen LogP contribution in [0.5, 0.6) is 0 Å². The fraction of sp³-hybridized carbons (Fsp3) is 0.448. The topological polar surface area (TPSA) is 61.8 Å². The molecule has 182 valence electrons. The molecule has 34 heavy (non-hydrogen) atoms. The molecule has 0 saturated carbocycles. The van der Waals surface area contributed by atoms with Crippen molar-refractivity contribution in [3.8, 4) is 0 Å². The Morgan fingerprint density at radius 2 is 1.71 bits per heavy atom.